The number of Topliss-reactive ketones (excluding diaryl/α,β-unsaturated/α-hetero) is 1. The van der Waals surface area contributed by atoms with Gasteiger partial charge in [0.1, 0.15) is 11.5 Å². The second kappa shape index (κ2) is 7.49. The summed E-state index contributed by atoms with van der Waals surface area (Å²) in [6, 6.07) is 18.1. The summed E-state index contributed by atoms with van der Waals surface area (Å²) in [6.07, 6.45) is 2.87. The lowest BCUT2D eigenvalue weighted by Gasteiger charge is -2.04. The molecular weight excluding hydrogens is 248 g/mol. The maximum absolute atomic E-state index is 11.9. The van der Waals surface area contributed by atoms with Gasteiger partial charge in [-0.2, -0.15) is 0 Å². The molecule has 0 saturated heterocycles. The van der Waals surface area contributed by atoms with Crippen molar-refractivity contribution in [1.29, 1.82) is 0 Å². The van der Waals surface area contributed by atoms with Gasteiger partial charge in [-0.1, -0.05) is 42.5 Å². The predicted octanol–water partition coefficient (Wildman–Crippen LogP) is 3.83. The number of rotatable bonds is 7. The summed E-state index contributed by atoms with van der Waals surface area (Å²) in [6.45, 7) is 0. The number of carbonyl (C=O) groups is 1. The molecule has 0 heterocycles. The van der Waals surface area contributed by atoms with Gasteiger partial charge >= 0.3 is 0 Å². The van der Waals surface area contributed by atoms with Crippen molar-refractivity contribution in [2.75, 3.05) is 7.11 Å². The van der Waals surface area contributed by atoms with Crippen molar-refractivity contribution >= 4 is 5.78 Å². The summed E-state index contributed by atoms with van der Waals surface area (Å²) in [7, 11) is 1.65. The Morgan fingerprint density at radius 1 is 0.850 bits per heavy atom. The third kappa shape index (κ3) is 4.54. The van der Waals surface area contributed by atoms with Crippen LogP contribution in [0.3, 0.4) is 0 Å². The van der Waals surface area contributed by atoms with Gasteiger partial charge in [-0.25, -0.2) is 0 Å². The Labute approximate surface area is 120 Å². The molecule has 0 aliphatic carbocycles. The van der Waals surface area contributed by atoms with E-state index in [4.69, 9.17) is 4.74 Å². The second-order valence-corrected chi connectivity index (χ2v) is 4.87. The first-order valence-electron chi connectivity index (χ1n) is 6.96. The summed E-state index contributed by atoms with van der Waals surface area (Å²) in [4.78, 5) is 11.9. The Morgan fingerprint density at radius 3 is 1.95 bits per heavy atom. The summed E-state index contributed by atoms with van der Waals surface area (Å²) >= 11 is 0. The van der Waals surface area contributed by atoms with Crippen LogP contribution in [0.2, 0.25) is 0 Å². The highest BCUT2D eigenvalue weighted by molar-refractivity contribution is 5.78. The second-order valence-electron chi connectivity index (χ2n) is 4.87. The number of carbonyl (C=O) groups excluding carboxylic acids is 1. The number of methoxy groups -OCH3 is 1. The highest BCUT2D eigenvalue weighted by atomic mass is 16.5. The molecule has 0 bridgehead atoms. The van der Waals surface area contributed by atoms with Crippen LogP contribution in [-0.2, 0) is 17.6 Å². The average Bonchev–Trinajstić information content (AvgIpc) is 2.52. The molecule has 2 aromatic rings. The van der Waals surface area contributed by atoms with Gasteiger partial charge in [-0.3, -0.25) is 4.79 Å². The molecule has 0 radical (unpaired) electrons. The molecule has 2 heteroatoms. The molecule has 20 heavy (non-hydrogen) atoms. The first-order chi connectivity index (χ1) is 9.78. The minimum atomic E-state index is 0.324. The average molecular weight is 268 g/mol. The van der Waals surface area contributed by atoms with E-state index in [1.807, 2.05) is 42.5 Å². The van der Waals surface area contributed by atoms with E-state index in [9.17, 15) is 4.79 Å². The number of aryl methyl sites for hydroxylation is 2. The van der Waals surface area contributed by atoms with Gasteiger partial charge in [0.25, 0.3) is 0 Å². The maximum atomic E-state index is 11.9. The zero-order valence-electron chi connectivity index (χ0n) is 11.8. The van der Waals surface area contributed by atoms with Gasteiger partial charge in [-0.15, -0.1) is 0 Å². The molecule has 0 aromatic heterocycles. The van der Waals surface area contributed by atoms with E-state index >= 15 is 0 Å². The summed E-state index contributed by atoms with van der Waals surface area (Å²) in [5, 5.41) is 0. The Hall–Kier alpha value is -2.09. The number of ketones is 1. The van der Waals surface area contributed by atoms with Gasteiger partial charge in [0, 0.05) is 12.8 Å². The van der Waals surface area contributed by atoms with Crippen LogP contribution >= 0.6 is 0 Å². The minimum Gasteiger partial charge on any atom is -0.497 e. The van der Waals surface area contributed by atoms with Crippen LogP contribution in [-0.4, -0.2) is 12.9 Å². The van der Waals surface area contributed by atoms with Gasteiger partial charge in [0.05, 0.1) is 7.11 Å². The summed E-state index contributed by atoms with van der Waals surface area (Å²) in [5.41, 5.74) is 2.41. The first kappa shape index (κ1) is 14.3. The van der Waals surface area contributed by atoms with Crippen LogP contribution in [0.15, 0.2) is 54.6 Å². The zero-order valence-corrected chi connectivity index (χ0v) is 11.8. The fourth-order valence-electron chi connectivity index (χ4n) is 2.13. The molecule has 0 spiro atoms. The highest BCUT2D eigenvalue weighted by Gasteiger charge is 2.04. The van der Waals surface area contributed by atoms with Crippen molar-refractivity contribution in [3.8, 4) is 5.75 Å². The number of ether oxygens (including phenoxy) is 1. The van der Waals surface area contributed by atoms with Crippen LogP contribution in [0.5, 0.6) is 5.75 Å². The Morgan fingerprint density at radius 2 is 1.40 bits per heavy atom. The van der Waals surface area contributed by atoms with Crippen LogP contribution in [0.4, 0.5) is 0 Å². The van der Waals surface area contributed by atoms with Crippen molar-refractivity contribution in [3.05, 3.63) is 65.7 Å². The van der Waals surface area contributed by atoms with E-state index in [0.717, 1.165) is 18.6 Å². The standard InChI is InChI=1S/C18H20O2/c1-20-18-13-9-16(10-14-18)8-12-17(19)11-7-15-5-3-2-4-6-15/h2-6,9-10,13-14H,7-8,11-12H2,1H3. The van der Waals surface area contributed by atoms with Crippen LogP contribution < -0.4 is 4.74 Å². The van der Waals surface area contributed by atoms with Crippen molar-refractivity contribution < 1.29 is 9.53 Å². The van der Waals surface area contributed by atoms with E-state index in [2.05, 4.69) is 12.1 Å². The molecule has 2 aromatic carbocycles. The minimum absolute atomic E-state index is 0.324. The Kier molecular flexibility index (Phi) is 5.36. The van der Waals surface area contributed by atoms with E-state index < -0.39 is 0 Å². The fraction of sp³-hybridized carbons (Fsp3) is 0.278. The van der Waals surface area contributed by atoms with E-state index in [-0.39, 0.29) is 0 Å². The van der Waals surface area contributed by atoms with Crippen molar-refractivity contribution in [2.45, 2.75) is 25.7 Å². The van der Waals surface area contributed by atoms with Gasteiger partial charge in [0.2, 0.25) is 0 Å². The summed E-state index contributed by atoms with van der Waals surface area (Å²) in [5.74, 6) is 1.17. The van der Waals surface area contributed by atoms with Crippen molar-refractivity contribution in [2.24, 2.45) is 0 Å². The molecule has 104 valence electrons. The molecule has 0 N–H and O–H groups in total. The molecule has 2 nitrogen and oxygen atoms in total. The Bertz CT molecular complexity index is 529. The quantitative estimate of drug-likeness (QED) is 0.763. The topological polar surface area (TPSA) is 26.3 Å². The van der Waals surface area contributed by atoms with Gasteiger partial charge in [-0.05, 0) is 36.1 Å². The Balaban J connectivity index is 1.74. The molecule has 0 atom stereocenters. The first-order valence-corrected chi connectivity index (χ1v) is 6.96. The third-order valence-electron chi connectivity index (χ3n) is 3.39. The lowest BCUT2D eigenvalue weighted by molar-refractivity contribution is -0.119. The van der Waals surface area contributed by atoms with E-state index in [1.54, 1.807) is 7.11 Å². The normalized spacial score (nSPS) is 10.2. The number of benzene rings is 2. The fourth-order valence-corrected chi connectivity index (χ4v) is 2.13. The van der Waals surface area contributed by atoms with Crippen LogP contribution in [0, 0.1) is 0 Å². The molecule has 0 unspecified atom stereocenters. The predicted molar refractivity (Wildman–Crippen MR) is 81.1 cm³/mol. The molecule has 0 amide bonds. The third-order valence-corrected chi connectivity index (χ3v) is 3.39. The lowest BCUT2D eigenvalue weighted by atomic mass is 10.0. The van der Waals surface area contributed by atoms with Crippen molar-refractivity contribution in [1.82, 2.24) is 0 Å². The SMILES string of the molecule is COc1ccc(CCC(=O)CCc2ccccc2)cc1. The highest BCUT2D eigenvalue weighted by Crippen LogP contribution is 2.13. The van der Waals surface area contributed by atoms with E-state index in [1.165, 1.54) is 11.1 Å². The van der Waals surface area contributed by atoms with Gasteiger partial charge < -0.3 is 4.74 Å². The largest absolute Gasteiger partial charge is 0.497 e. The van der Waals surface area contributed by atoms with Crippen LogP contribution in [0.25, 0.3) is 0 Å². The van der Waals surface area contributed by atoms with Crippen molar-refractivity contribution in [3.63, 3.8) is 0 Å². The molecule has 0 fully saturated rings. The monoisotopic (exact) mass is 268 g/mol. The number of hydrogen-bond donors (Lipinski definition) is 0. The zero-order chi connectivity index (χ0) is 14.2. The molecular formula is C18H20O2. The van der Waals surface area contributed by atoms with Gasteiger partial charge in [0.15, 0.2) is 0 Å². The van der Waals surface area contributed by atoms with E-state index in [0.29, 0.717) is 18.6 Å². The van der Waals surface area contributed by atoms with Crippen LogP contribution in [0.1, 0.15) is 24.0 Å². The maximum Gasteiger partial charge on any atom is 0.133 e. The smallest absolute Gasteiger partial charge is 0.133 e. The molecule has 0 aliphatic rings. The molecule has 0 saturated carbocycles. The summed E-state index contributed by atoms with van der Waals surface area (Å²) < 4.78 is 5.12. The number of hydrogen-bond acceptors (Lipinski definition) is 2. The molecule has 2 rings (SSSR count). The molecule has 0 aliphatic heterocycles. The lowest BCUT2D eigenvalue weighted by Crippen LogP contribution is -2.02.